The topological polar surface area (TPSA) is 75.6 Å². The Morgan fingerprint density at radius 1 is 1.08 bits per heavy atom. The van der Waals surface area contributed by atoms with Crippen LogP contribution in [0, 0.1) is 12.8 Å². The van der Waals surface area contributed by atoms with Gasteiger partial charge in [-0.25, -0.2) is 4.79 Å². The molecule has 0 aromatic heterocycles. The molecule has 2 atom stereocenters. The van der Waals surface area contributed by atoms with E-state index in [2.05, 4.69) is 12.2 Å². The summed E-state index contributed by atoms with van der Waals surface area (Å²) in [5.41, 5.74) is 4.37. The number of hydrogen-bond acceptors (Lipinski definition) is 4. The fourth-order valence-electron chi connectivity index (χ4n) is 5.42. The molecule has 2 N–H and O–H groups in total. The number of carbonyl (C=O) groups is 2. The molecule has 0 heterocycles. The van der Waals surface area contributed by atoms with E-state index in [1.165, 1.54) is 44.9 Å². The van der Waals surface area contributed by atoms with Gasteiger partial charge in [0.2, 0.25) is 0 Å². The quantitative estimate of drug-likeness (QED) is 0.243. The highest BCUT2D eigenvalue weighted by molar-refractivity contribution is 7.98. The van der Waals surface area contributed by atoms with Gasteiger partial charge in [-0.05, 0) is 78.5 Å². The summed E-state index contributed by atoms with van der Waals surface area (Å²) in [4.78, 5) is 25.1. The predicted molar refractivity (Wildman–Crippen MR) is 158 cm³/mol. The summed E-state index contributed by atoms with van der Waals surface area (Å²) in [6.07, 6.45) is 13.8. The van der Waals surface area contributed by atoms with Gasteiger partial charge in [-0.1, -0.05) is 82.2 Å². The smallest absolute Gasteiger partial charge is 0.326 e. The van der Waals surface area contributed by atoms with Gasteiger partial charge >= 0.3 is 5.97 Å². The zero-order chi connectivity index (χ0) is 27.3. The molecule has 2 aromatic carbocycles. The highest BCUT2D eigenvalue weighted by Crippen LogP contribution is 2.31. The number of aliphatic carboxylic acids is 1. The van der Waals surface area contributed by atoms with E-state index in [4.69, 9.17) is 4.74 Å². The number of hydrogen-bond donors (Lipinski definition) is 2. The first-order valence-electron chi connectivity index (χ1n) is 14.3. The van der Waals surface area contributed by atoms with Crippen LogP contribution in [0.3, 0.4) is 0 Å². The standard InChI is InChI=1S/C32H45NO4S/c1-4-5-14-26(20-24-12-7-6-8-13-24)37-22-25-16-17-28(29(21-25)27-15-10-9-11-23(27)2)31(34)33-30(32(35)36)18-19-38-3/h9-11,15-17,21,24,26,30H,4-8,12-14,18-20,22H2,1-3H3,(H,33,34)(H,35,36)/t26-,30+/m1/s1. The maximum Gasteiger partial charge on any atom is 0.326 e. The molecule has 2 aromatic rings. The van der Waals surface area contributed by atoms with Crippen LogP contribution in [0.4, 0.5) is 0 Å². The van der Waals surface area contributed by atoms with E-state index in [1.54, 1.807) is 11.8 Å². The largest absolute Gasteiger partial charge is 0.480 e. The lowest BCUT2D eigenvalue weighted by Crippen LogP contribution is -2.41. The first kappa shape index (κ1) is 30.2. The second-order valence-corrected chi connectivity index (χ2v) is 11.6. The van der Waals surface area contributed by atoms with E-state index in [1.807, 2.05) is 55.6 Å². The molecule has 1 fully saturated rings. The summed E-state index contributed by atoms with van der Waals surface area (Å²) < 4.78 is 6.51. The molecule has 1 aliphatic carbocycles. The van der Waals surface area contributed by atoms with Crippen molar-refractivity contribution in [2.75, 3.05) is 12.0 Å². The predicted octanol–water partition coefficient (Wildman–Crippen LogP) is 7.64. The summed E-state index contributed by atoms with van der Waals surface area (Å²) in [5.74, 6) is 0.0684. The molecule has 0 saturated heterocycles. The van der Waals surface area contributed by atoms with Gasteiger partial charge in [0.05, 0.1) is 12.7 Å². The monoisotopic (exact) mass is 539 g/mol. The van der Waals surface area contributed by atoms with Gasteiger partial charge in [0.15, 0.2) is 0 Å². The van der Waals surface area contributed by atoms with Crippen molar-refractivity contribution in [2.45, 2.75) is 96.8 Å². The maximum atomic E-state index is 13.3. The van der Waals surface area contributed by atoms with Crippen LogP contribution in [0.5, 0.6) is 0 Å². The number of unbranched alkanes of at least 4 members (excludes halogenated alkanes) is 1. The second-order valence-electron chi connectivity index (χ2n) is 10.7. The third-order valence-electron chi connectivity index (χ3n) is 7.66. The van der Waals surface area contributed by atoms with Crippen molar-refractivity contribution in [3.63, 3.8) is 0 Å². The van der Waals surface area contributed by atoms with Crippen molar-refractivity contribution in [2.24, 2.45) is 5.92 Å². The molecule has 0 aliphatic heterocycles. The SMILES string of the molecule is CCCC[C@H](CC1CCCCC1)OCc1ccc(C(=O)N[C@@H](CCSC)C(=O)O)c(-c2ccccc2C)c1. The number of rotatable bonds is 15. The van der Waals surface area contributed by atoms with Gasteiger partial charge in [0, 0.05) is 5.56 Å². The Hall–Kier alpha value is -2.31. The van der Waals surface area contributed by atoms with E-state index >= 15 is 0 Å². The second kappa shape index (κ2) is 15.9. The number of carboxylic acid groups (broad SMARTS) is 1. The van der Waals surface area contributed by atoms with Crippen molar-refractivity contribution in [3.05, 3.63) is 59.2 Å². The van der Waals surface area contributed by atoms with Crippen molar-refractivity contribution in [1.29, 1.82) is 0 Å². The molecule has 0 unspecified atom stereocenters. The molecule has 1 amide bonds. The lowest BCUT2D eigenvalue weighted by Gasteiger charge is -2.27. The Morgan fingerprint density at radius 2 is 1.84 bits per heavy atom. The fraction of sp³-hybridized carbons (Fsp3) is 0.562. The highest BCUT2D eigenvalue weighted by atomic mass is 32.2. The third kappa shape index (κ3) is 9.16. The fourth-order valence-corrected chi connectivity index (χ4v) is 5.89. The highest BCUT2D eigenvalue weighted by Gasteiger charge is 2.23. The number of benzene rings is 2. The number of carbonyl (C=O) groups excluding carboxylic acids is 1. The van der Waals surface area contributed by atoms with Crippen LogP contribution in [0.25, 0.3) is 11.1 Å². The van der Waals surface area contributed by atoms with E-state index in [0.717, 1.165) is 41.0 Å². The zero-order valence-electron chi connectivity index (χ0n) is 23.3. The molecule has 5 nitrogen and oxygen atoms in total. The Balaban J connectivity index is 1.82. The summed E-state index contributed by atoms with van der Waals surface area (Å²) in [7, 11) is 0. The average Bonchev–Trinajstić information content (AvgIpc) is 2.93. The molecule has 3 rings (SSSR count). The first-order chi connectivity index (χ1) is 18.4. The van der Waals surface area contributed by atoms with Crippen LogP contribution >= 0.6 is 11.8 Å². The van der Waals surface area contributed by atoms with Gasteiger partial charge < -0.3 is 15.2 Å². The Bertz CT molecular complexity index is 1030. The summed E-state index contributed by atoms with van der Waals surface area (Å²) in [6, 6.07) is 12.9. The molecular formula is C32H45NO4S. The van der Waals surface area contributed by atoms with Gasteiger partial charge in [0.1, 0.15) is 6.04 Å². The number of ether oxygens (including phenoxy) is 1. The van der Waals surface area contributed by atoms with Crippen molar-refractivity contribution < 1.29 is 19.4 Å². The number of aryl methyl sites for hydroxylation is 1. The average molecular weight is 540 g/mol. The van der Waals surface area contributed by atoms with Crippen LogP contribution in [0.15, 0.2) is 42.5 Å². The minimum atomic E-state index is -1.01. The van der Waals surface area contributed by atoms with Crippen LogP contribution in [-0.2, 0) is 16.1 Å². The molecule has 6 heteroatoms. The van der Waals surface area contributed by atoms with Gasteiger partial charge in [-0.15, -0.1) is 0 Å². The molecule has 0 radical (unpaired) electrons. The molecule has 0 bridgehead atoms. The van der Waals surface area contributed by atoms with Gasteiger partial charge in [-0.3, -0.25) is 4.79 Å². The Morgan fingerprint density at radius 3 is 2.53 bits per heavy atom. The third-order valence-corrected chi connectivity index (χ3v) is 8.31. The number of carboxylic acids is 1. The van der Waals surface area contributed by atoms with Gasteiger partial charge in [-0.2, -0.15) is 11.8 Å². The minimum absolute atomic E-state index is 0.260. The van der Waals surface area contributed by atoms with Crippen molar-refractivity contribution in [1.82, 2.24) is 5.32 Å². The normalized spacial score (nSPS) is 15.7. The summed E-state index contributed by atoms with van der Waals surface area (Å²) in [5, 5.41) is 12.4. The minimum Gasteiger partial charge on any atom is -0.480 e. The van der Waals surface area contributed by atoms with E-state index in [0.29, 0.717) is 24.3 Å². The number of thioether (sulfide) groups is 1. The van der Waals surface area contributed by atoms with Gasteiger partial charge in [0.25, 0.3) is 5.91 Å². The van der Waals surface area contributed by atoms with Crippen LogP contribution < -0.4 is 5.32 Å². The summed E-state index contributed by atoms with van der Waals surface area (Å²) in [6.45, 7) is 4.77. The summed E-state index contributed by atoms with van der Waals surface area (Å²) >= 11 is 1.57. The van der Waals surface area contributed by atoms with Crippen LogP contribution in [0.2, 0.25) is 0 Å². The molecule has 0 spiro atoms. The molecular weight excluding hydrogens is 494 g/mol. The van der Waals surface area contributed by atoms with E-state index in [9.17, 15) is 14.7 Å². The number of nitrogens with one attached hydrogen (secondary N) is 1. The lowest BCUT2D eigenvalue weighted by atomic mass is 9.84. The van der Waals surface area contributed by atoms with Crippen LogP contribution in [-0.4, -0.2) is 41.1 Å². The Kier molecular flexibility index (Phi) is 12.7. The first-order valence-corrected chi connectivity index (χ1v) is 15.6. The number of amides is 1. The maximum absolute atomic E-state index is 13.3. The van der Waals surface area contributed by atoms with Crippen molar-refractivity contribution in [3.8, 4) is 11.1 Å². The Labute approximate surface area is 233 Å². The van der Waals surface area contributed by atoms with Crippen molar-refractivity contribution >= 4 is 23.6 Å². The lowest BCUT2D eigenvalue weighted by molar-refractivity contribution is -0.139. The van der Waals surface area contributed by atoms with E-state index < -0.39 is 12.0 Å². The molecule has 208 valence electrons. The van der Waals surface area contributed by atoms with E-state index in [-0.39, 0.29) is 12.0 Å². The molecule has 1 aliphatic rings. The molecule has 38 heavy (non-hydrogen) atoms. The molecule has 1 saturated carbocycles. The van der Waals surface area contributed by atoms with Crippen LogP contribution in [0.1, 0.15) is 92.6 Å². The zero-order valence-corrected chi connectivity index (χ0v) is 24.2.